The number of aromatic nitrogens is 4. The highest BCUT2D eigenvalue weighted by Crippen LogP contribution is 2.22. The van der Waals surface area contributed by atoms with Gasteiger partial charge in [-0.25, -0.2) is 9.18 Å². The molecule has 1 atom stereocenters. The van der Waals surface area contributed by atoms with Crippen LogP contribution in [0.15, 0.2) is 53.3 Å². The summed E-state index contributed by atoms with van der Waals surface area (Å²) in [5, 5.41) is 10.8. The minimum absolute atomic E-state index is 0.0601. The van der Waals surface area contributed by atoms with Gasteiger partial charge in [0.05, 0.1) is 16.8 Å². The van der Waals surface area contributed by atoms with Crippen LogP contribution in [-0.4, -0.2) is 25.7 Å². The number of nitrogens with one attached hydrogen (secondary N) is 1. The van der Waals surface area contributed by atoms with Gasteiger partial charge in [0.1, 0.15) is 12.4 Å². The second-order valence-corrected chi connectivity index (χ2v) is 7.03. The number of carbonyl (C=O) groups excluding carboxylic acids is 1. The maximum atomic E-state index is 13.2. The van der Waals surface area contributed by atoms with Crippen molar-refractivity contribution in [1.82, 2.24) is 25.1 Å². The van der Waals surface area contributed by atoms with Crippen LogP contribution in [0.3, 0.4) is 0 Å². The van der Waals surface area contributed by atoms with Crippen LogP contribution in [0.2, 0.25) is 5.02 Å². The van der Waals surface area contributed by atoms with Crippen LogP contribution in [0.4, 0.5) is 4.39 Å². The van der Waals surface area contributed by atoms with Crippen LogP contribution in [0.5, 0.6) is 0 Å². The molecular formula is C19H19ClFN5O2. The zero-order valence-corrected chi connectivity index (χ0v) is 16.1. The van der Waals surface area contributed by atoms with Gasteiger partial charge in [0.2, 0.25) is 5.91 Å². The molecule has 0 aliphatic carbocycles. The average Bonchev–Trinajstić information content (AvgIpc) is 3.01. The molecule has 2 aromatic carbocycles. The monoisotopic (exact) mass is 403 g/mol. The molecule has 0 saturated carbocycles. The van der Waals surface area contributed by atoms with Crippen molar-refractivity contribution >= 4 is 17.5 Å². The van der Waals surface area contributed by atoms with Crippen LogP contribution in [0.25, 0.3) is 5.69 Å². The van der Waals surface area contributed by atoms with Crippen molar-refractivity contribution in [3.05, 3.63) is 75.4 Å². The van der Waals surface area contributed by atoms with Crippen molar-refractivity contribution in [2.75, 3.05) is 0 Å². The van der Waals surface area contributed by atoms with Crippen LogP contribution in [0.1, 0.15) is 25.5 Å². The third kappa shape index (κ3) is 4.28. The standard InChI is InChI=1S/C19H19ClFN5O2/c1-12(2)18(13-7-9-14(21)10-8-13)22-17(27)11-25-19(28)26(24-23-25)16-6-4-3-5-15(16)20/h3-10,12,18H,11H2,1-2H3,(H,22,27). The van der Waals surface area contributed by atoms with Crippen molar-refractivity contribution in [3.63, 3.8) is 0 Å². The molecule has 1 unspecified atom stereocenters. The smallest absolute Gasteiger partial charge is 0.347 e. The topological polar surface area (TPSA) is 81.8 Å². The van der Waals surface area contributed by atoms with E-state index >= 15 is 0 Å². The first kappa shape index (κ1) is 19.8. The summed E-state index contributed by atoms with van der Waals surface area (Å²) in [6.45, 7) is 3.58. The summed E-state index contributed by atoms with van der Waals surface area (Å²) in [7, 11) is 0. The maximum Gasteiger partial charge on any atom is 0.369 e. The van der Waals surface area contributed by atoms with Gasteiger partial charge in [-0.2, -0.15) is 9.36 Å². The van der Waals surface area contributed by atoms with Gasteiger partial charge in [0.25, 0.3) is 0 Å². The lowest BCUT2D eigenvalue weighted by atomic mass is 9.96. The summed E-state index contributed by atoms with van der Waals surface area (Å²) in [5.41, 5.74) is 0.579. The van der Waals surface area contributed by atoms with Gasteiger partial charge >= 0.3 is 5.69 Å². The predicted octanol–water partition coefficient (Wildman–Crippen LogP) is 2.74. The average molecular weight is 404 g/mol. The first-order valence-electron chi connectivity index (χ1n) is 8.69. The van der Waals surface area contributed by atoms with Gasteiger partial charge in [-0.15, -0.1) is 0 Å². The fourth-order valence-electron chi connectivity index (χ4n) is 2.81. The number of hydrogen-bond donors (Lipinski definition) is 1. The summed E-state index contributed by atoms with van der Waals surface area (Å²) < 4.78 is 15.2. The Balaban J connectivity index is 1.77. The molecule has 0 aliphatic rings. The van der Waals surface area contributed by atoms with Gasteiger partial charge in [0.15, 0.2) is 0 Å². The Morgan fingerprint density at radius 3 is 2.46 bits per heavy atom. The molecule has 3 rings (SSSR count). The summed E-state index contributed by atoms with van der Waals surface area (Å²) in [6.07, 6.45) is 0. The Bertz CT molecular complexity index is 1030. The lowest BCUT2D eigenvalue weighted by molar-refractivity contribution is -0.123. The van der Waals surface area contributed by atoms with E-state index in [1.54, 1.807) is 36.4 Å². The number of halogens is 2. The minimum Gasteiger partial charge on any atom is -0.347 e. The molecule has 3 aromatic rings. The molecule has 9 heteroatoms. The van der Waals surface area contributed by atoms with Crippen molar-refractivity contribution in [2.24, 2.45) is 5.92 Å². The number of rotatable bonds is 6. The molecular weight excluding hydrogens is 385 g/mol. The molecule has 1 N–H and O–H groups in total. The van der Waals surface area contributed by atoms with E-state index < -0.39 is 11.6 Å². The lowest BCUT2D eigenvalue weighted by Crippen LogP contribution is -2.37. The van der Waals surface area contributed by atoms with E-state index in [9.17, 15) is 14.0 Å². The molecule has 0 spiro atoms. The third-order valence-electron chi connectivity index (χ3n) is 4.23. The SMILES string of the molecule is CC(C)C(NC(=O)Cn1nnn(-c2ccccc2Cl)c1=O)c1ccc(F)cc1. The Hall–Kier alpha value is -3.00. The number of para-hydroxylation sites is 1. The summed E-state index contributed by atoms with van der Waals surface area (Å²) in [6, 6.07) is 12.3. The highest BCUT2D eigenvalue weighted by Gasteiger charge is 2.20. The highest BCUT2D eigenvalue weighted by molar-refractivity contribution is 6.32. The van der Waals surface area contributed by atoms with Crippen LogP contribution in [0, 0.1) is 11.7 Å². The van der Waals surface area contributed by atoms with E-state index in [0.29, 0.717) is 10.7 Å². The van der Waals surface area contributed by atoms with Crippen molar-refractivity contribution in [2.45, 2.75) is 26.4 Å². The molecule has 0 saturated heterocycles. The Kier molecular flexibility index (Phi) is 5.89. The van der Waals surface area contributed by atoms with Gasteiger partial charge < -0.3 is 5.32 Å². The van der Waals surface area contributed by atoms with Crippen LogP contribution >= 0.6 is 11.6 Å². The normalized spacial score (nSPS) is 12.2. The van der Waals surface area contributed by atoms with Crippen molar-refractivity contribution < 1.29 is 9.18 Å². The van der Waals surface area contributed by atoms with Gasteiger partial charge in [0, 0.05) is 0 Å². The van der Waals surface area contributed by atoms with Gasteiger partial charge in [-0.05, 0) is 46.2 Å². The maximum absolute atomic E-state index is 13.2. The van der Waals surface area contributed by atoms with Crippen molar-refractivity contribution in [1.29, 1.82) is 0 Å². The molecule has 0 aliphatic heterocycles. The zero-order valence-electron chi connectivity index (χ0n) is 15.3. The summed E-state index contributed by atoms with van der Waals surface area (Å²) >= 11 is 6.09. The Morgan fingerprint density at radius 1 is 1.14 bits per heavy atom. The lowest BCUT2D eigenvalue weighted by Gasteiger charge is -2.22. The zero-order chi connectivity index (χ0) is 20.3. The van der Waals surface area contributed by atoms with E-state index in [1.165, 1.54) is 12.1 Å². The van der Waals surface area contributed by atoms with Crippen molar-refractivity contribution in [3.8, 4) is 5.69 Å². The fraction of sp³-hybridized carbons (Fsp3) is 0.263. The molecule has 0 fully saturated rings. The van der Waals surface area contributed by atoms with Gasteiger partial charge in [-0.3, -0.25) is 4.79 Å². The number of tetrazole rings is 1. The largest absolute Gasteiger partial charge is 0.369 e. The van der Waals surface area contributed by atoms with Gasteiger partial charge in [-0.1, -0.05) is 49.7 Å². The minimum atomic E-state index is -0.578. The van der Waals surface area contributed by atoms with E-state index in [-0.39, 0.29) is 24.3 Å². The first-order chi connectivity index (χ1) is 13.4. The van der Waals surface area contributed by atoms with Crippen LogP contribution < -0.4 is 11.0 Å². The number of carbonyl (C=O) groups is 1. The summed E-state index contributed by atoms with van der Waals surface area (Å²) in [4.78, 5) is 25.0. The summed E-state index contributed by atoms with van der Waals surface area (Å²) in [5.74, 6) is -0.693. The quantitative estimate of drug-likeness (QED) is 0.686. The molecule has 0 radical (unpaired) electrons. The van der Waals surface area contributed by atoms with Crippen LogP contribution in [-0.2, 0) is 11.3 Å². The molecule has 0 bridgehead atoms. The number of nitrogens with zero attached hydrogens (tertiary/aromatic N) is 4. The van der Waals surface area contributed by atoms with E-state index in [2.05, 4.69) is 15.7 Å². The van der Waals surface area contributed by atoms with E-state index in [0.717, 1.165) is 14.9 Å². The molecule has 1 aromatic heterocycles. The third-order valence-corrected chi connectivity index (χ3v) is 4.55. The molecule has 7 nitrogen and oxygen atoms in total. The predicted molar refractivity (Wildman–Crippen MR) is 103 cm³/mol. The number of benzene rings is 2. The second-order valence-electron chi connectivity index (χ2n) is 6.62. The number of hydrogen-bond acceptors (Lipinski definition) is 4. The van der Waals surface area contributed by atoms with E-state index in [4.69, 9.17) is 11.6 Å². The number of amides is 1. The molecule has 1 amide bonds. The Labute approximate surface area is 165 Å². The highest BCUT2D eigenvalue weighted by atomic mass is 35.5. The van der Waals surface area contributed by atoms with E-state index in [1.807, 2.05) is 13.8 Å². The first-order valence-corrected chi connectivity index (χ1v) is 9.07. The molecule has 1 heterocycles. The molecule has 146 valence electrons. The second kappa shape index (κ2) is 8.35. The fourth-order valence-corrected chi connectivity index (χ4v) is 3.02. The molecule has 28 heavy (non-hydrogen) atoms. The Morgan fingerprint density at radius 2 is 1.82 bits per heavy atom.